The normalized spacial score (nSPS) is 10.9. The van der Waals surface area contributed by atoms with E-state index in [4.69, 9.17) is 4.74 Å². The number of para-hydroxylation sites is 1. The van der Waals surface area contributed by atoms with Crippen molar-refractivity contribution in [1.29, 1.82) is 0 Å². The van der Waals surface area contributed by atoms with Gasteiger partial charge in [0.1, 0.15) is 5.75 Å². The van der Waals surface area contributed by atoms with Gasteiger partial charge < -0.3 is 19.7 Å². The van der Waals surface area contributed by atoms with E-state index in [1.54, 1.807) is 0 Å². The smallest absolute Gasteiger partial charge is 0.303 e. The SMILES string of the molecule is CC(=O)OCC(=O)NCCCN(C)Cc1ccc(Oc2nc3ccccc3s2)cc1. The predicted octanol–water partition coefficient (Wildman–Crippen LogP) is 3.59. The first-order valence-electron chi connectivity index (χ1n) is 9.70. The van der Waals surface area contributed by atoms with Crippen LogP contribution in [-0.2, 0) is 20.9 Å². The third kappa shape index (κ3) is 6.82. The zero-order chi connectivity index (χ0) is 21.3. The van der Waals surface area contributed by atoms with Crippen LogP contribution in [0.25, 0.3) is 10.2 Å². The summed E-state index contributed by atoms with van der Waals surface area (Å²) in [4.78, 5) is 28.8. The number of hydrogen-bond acceptors (Lipinski definition) is 7. The lowest BCUT2D eigenvalue weighted by molar-refractivity contribution is -0.146. The first kappa shape index (κ1) is 21.7. The molecule has 3 rings (SSSR count). The number of nitrogens with zero attached hydrogens (tertiary/aromatic N) is 2. The average molecular weight is 428 g/mol. The Hall–Kier alpha value is -2.97. The van der Waals surface area contributed by atoms with Crippen molar-refractivity contribution in [2.75, 3.05) is 26.7 Å². The number of amides is 1. The number of esters is 1. The molecule has 1 heterocycles. The summed E-state index contributed by atoms with van der Waals surface area (Å²) in [6.45, 7) is 3.22. The summed E-state index contributed by atoms with van der Waals surface area (Å²) in [7, 11) is 2.03. The lowest BCUT2D eigenvalue weighted by Gasteiger charge is -2.17. The van der Waals surface area contributed by atoms with Gasteiger partial charge in [0.2, 0.25) is 0 Å². The Bertz CT molecular complexity index is 954. The summed E-state index contributed by atoms with van der Waals surface area (Å²) in [5, 5.41) is 3.37. The van der Waals surface area contributed by atoms with Crippen molar-refractivity contribution in [3.63, 3.8) is 0 Å². The van der Waals surface area contributed by atoms with Crippen LogP contribution in [0.1, 0.15) is 18.9 Å². The predicted molar refractivity (Wildman–Crippen MR) is 117 cm³/mol. The Balaban J connectivity index is 1.39. The highest BCUT2D eigenvalue weighted by Crippen LogP contribution is 2.31. The van der Waals surface area contributed by atoms with Gasteiger partial charge in [-0.05, 0) is 49.8 Å². The molecule has 7 nitrogen and oxygen atoms in total. The lowest BCUT2D eigenvalue weighted by atomic mass is 10.2. The zero-order valence-corrected chi connectivity index (χ0v) is 17.9. The van der Waals surface area contributed by atoms with Gasteiger partial charge in [-0.25, -0.2) is 4.98 Å². The van der Waals surface area contributed by atoms with Crippen molar-refractivity contribution >= 4 is 33.4 Å². The van der Waals surface area contributed by atoms with Crippen LogP contribution >= 0.6 is 11.3 Å². The number of nitrogens with one attached hydrogen (secondary N) is 1. The maximum Gasteiger partial charge on any atom is 0.303 e. The van der Waals surface area contributed by atoms with Gasteiger partial charge >= 0.3 is 5.97 Å². The molecular weight excluding hydrogens is 402 g/mol. The van der Waals surface area contributed by atoms with Crippen molar-refractivity contribution < 1.29 is 19.1 Å². The maximum atomic E-state index is 11.5. The average Bonchev–Trinajstić information content (AvgIpc) is 3.13. The molecule has 1 aromatic heterocycles. The number of carbonyl (C=O) groups is 2. The fourth-order valence-electron chi connectivity index (χ4n) is 2.84. The summed E-state index contributed by atoms with van der Waals surface area (Å²) in [5.41, 5.74) is 2.12. The van der Waals surface area contributed by atoms with E-state index in [1.165, 1.54) is 23.8 Å². The van der Waals surface area contributed by atoms with Crippen LogP contribution in [0, 0.1) is 0 Å². The third-order valence-corrected chi connectivity index (χ3v) is 5.21. The number of aromatic nitrogens is 1. The van der Waals surface area contributed by atoms with Crippen molar-refractivity contribution in [2.45, 2.75) is 19.9 Å². The molecule has 1 N–H and O–H groups in total. The second-order valence-electron chi connectivity index (χ2n) is 6.92. The minimum Gasteiger partial charge on any atom is -0.456 e. The molecule has 0 radical (unpaired) electrons. The third-order valence-electron chi connectivity index (χ3n) is 4.30. The number of thiazole rings is 1. The maximum absolute atomic E-state index is 11.5. The Labute approximate surface area is 179 Å². The highest BCUT2D eigenvalue weighted by molar-refractivity contribution is 7.20. The van der Waals surface area contributed by atoms with Crippen LogP contribution in [0.4, 0.5) is 0 Å². The summed E-state index contributed by atoms with van der Waals surface area (Å²) in [5.74, 6) is 0.0221. The lowest BCUT2D eigenvalue weighted by Crippen LogP contribution is -2.31. The van der Waals surface area contributed by atoms with E-state index in [1.807, 2.05) is 55.6 Å². The van der Waals surface area contributed by atoms with Crippen LogP contribution in [0.5, 0.6) is 10.9 Å². The number of rotatable bonds is 10. The number of hydrogen-bond donors (Lipinski definition) is 1. The van der Waals surface area contributed by atoms with E-state index in [0.717, 1.165) is 35.5 Å². The van der Waals surface area contributed by atoms with Crippen LogP contribution in [-0.4, -0.2) is 48.5 Å². The number of fused-ring (bicyclic) bond motifs is 1. The van der Waals surface area contributed by atoms with Gasteiger partial charge in [-0.15, -0.1) is 0 Å². The van der Waals surface area contributed by atoms with Gasteiger partial charge in [0.15, 0.2) is 6.61 Å². The first-order chi connectivity index (χ1) is 14.5. The highest BCUT2D eigenvalue weighted by Gasteiger charge is 2.07. The molecule has 0 saturated heterocycles. The standard InChI is InChI=1S/C22H25N3O4S/c1-16(26)28-15-21(27)23-12-5-13-25(2)14-17-8-10-18(11-9-17)29-22-24-19-6-3-4-7-20(19)30-22/h3-4,6-11H,5,12-15H2,1-2H3,(H,23,27). The minimum atomic E-state index is -0.457. The van der Waals surface area contributed by atoms with E-state index in [0.29, 0.717) is 11.7 Å². The van der Waals surface area contributed by atoms with Crippen LogP contribution < -0.4 is 10.1 Å². The first-order valence-corrected chi connectivity index (χ1v) is 10.5. The molecule has 0 spiro atoms. The topological polar surface area (TPSA) is 80.8 Å². The molecule has 0 aliphatic carbocycles. The molecule has 0 unspecified atom stereocenters. The molecule has 0 aliphatic heterocycles. The molecule has 2 aromatic carbocycles. The summed E-state index contributed by atoms with van der Waals surface area (Å²) < 4.78 is 11.6. The van der Waals surface area contributed by atoms with Gasteiger partial charge in [0.05, 0.1) is 10.2 Å². The van der Waals surface area contributed by atoms with E-state index in [-0.39, 0.29) is 12.5 Å². The molecule has 8 heteroatoms. The molecule has 30 heavy (non-hydrogen) atoms. The molecule has 158 valence electrons. The molecule has 0 bridgehead atoms. The molecule has 0 saturated carbocycles. The fraction of sp³-hybridized carbons (Fsp3) is 0.318. The number of benzene rings is 2. The molecule has 0 atom stereocenters. The van der Waals surface area contributed by atoms with Crippen molar-refractivity contribution in [2.24, 2.45) is 0 Å². The van der Waals surface area contributed by atoms with Gasteiger partial charge in [-0.3, -0.25) is 9.59 Å². The highest BCUT2D eigenvalue weighted by atomic mass is 32.1. The quantitative estimate of drug-likeness (QED) is 0.393. The van der Waals surface area contributed by atoms with E-state index >= 15 is 0 Å². The fourth-order valence-corrected chi connectivity index (χ4v) is 3.68. The van der Waals surface area contributed by atoms with E-state index < -0.39 is 5.97 Å². The van der Waals surface area contributed by atoms with Gasteiger partial charge in [0, 0.05) is 20.0 Å². The molecule has 0 fully saturated rings. The summed E-state index contributed by atoms with van der Waals surface area (Å²) in [6.07, 6.45) is 0.807. The molecular formula is C22H25N3O4S. The van der Waals surface area contributed by atoms with Crippen LogP contribution in [0.2, 0.25) is 0 Å². The second-order valence-corrected chi connectivity index (χ2v) is 7.91. The monoisotopic (exact) mass is 427 g/mol. The Kier molecular flexibility index (Phi) is 7.75. The van der Waals surface area contributed by atoms with Gasteiger partial charge in [0.25, 0.3) is 11.1 Å². The number of ether oxygens (including phenoxy) is 2. The summed E-state index contributed by atoms with van der Waals surface area (Å²) in [6, 6.07) is 15.9. The largest absolute Gasteiger partial charge is 0.456 e. The van der Waals surface area contributed by atoms with Crippen molar-refractivity contribution in [3.05, 3.63) is 54.1 Å². The number of carbonyl (C=O) groups excluding carboxylic acids is 2. The molecule has 0 aliphatic rings. The minimum absolute atomic E-state index is 0.226. The second kappa shape index (κ2) is 10.7. The van der Waals surface area contributed by atoms with Crippen LogP contribution in [0.3, 0.4) is 0 Å². The van der Waals surface area contributed by atoms with Gasteiger partial charge in [-0.1, -0.05) is 35.6 Å². The Morgan fingerprint density at radius 1 is 1.13 bits per heavy atom. The van der Waals surface area contributed by atoms with Crippen molar-refractivity contribution in [1.82, 2.24) is 15.2 Å². The Morgan fingerprint density at radius 3 is 2.63 bits per heavy atom. The van der Waals surface area contributed by atoms with E-state index in [2.05, 4.69) is 19.9 Å². The van der Waals surface area contributed by atoms with E-state index in [9.17, 15) is 9.59 Å². The molecule has 3 aromatic rings. The zero-order valence-electron chi connectivity index (χ0n) is 17.1. The molecule has 1 amide bonds. The van der Waals surface area contributed by atoms with Crippen LogP contribution in [0.15, 0.2) is 48.5 Å². The summed E-state index contributed by atoms with van der Waals surface area (Å²) >= 11 is 1.53. The van der Waals surface area contributed by atoms with Crippen molar-refractivity contribution in [3.8, 4) is 10.9 Å². The Morgan fingerprint density at radius 2 is 1.90 bits per heavy atom. The van der Waals surface area contributed by atoms with Gasteiger partial charge in [-0.2, -0.15) is 0 Å².